The van der Waals surface area contributed by atoms with Crippen LogP contribution in [0.2, 0.25) is 0 Å². The maximum atomic E-state index is 12.5. The first kappa shape index (κ1) is 15.8. The van der Waals surface area contributed by atoms with E-state index < -0.39 is 6.10 Å². The summed E-state index contributed by atoms with van der Waals surface area (Å²) >= 11 is 0. The van der Waals surface area contributed by atoms with Gasteiger partial charge >= 0.3 is 0 Å². The molecule has 0 saturated carbocycles. The van der Waals surface area contributed by atoms with E-state index in [1.165, 1.54) is 0 Å². The molecule has 1 aliphatic heterocycles. The van der Waals surface area contributed by atoms with Crippen molar-refractivity contribution < 1.29 is 9.90 Å². The zero-order valence-corrected chi connectivity index (χ0v) is 13.6. The van der Waals surface area contributed by atoms with E-state index in [2.05, 4.69) is 10.1 Å². The van der Waals surface area contributed by atoms with Crippen molar-refractivity contribution in [3.8, 4) is 0 Å². The molecule has 1 amide bonds. The minimum Gasteiger partial charge on any atom is -0.385 e. The molecule has 0 aliphatic carbocycles. The van der Waals surface area contributed by atoms with E-state index in [0.29, 0.717) is 30.9 Å². The lowest BCUT2D eigenvalue weighted by Gasteiger charge is -2.19. The predicted molar refractivity (Wildman–Crippen MR) is 85.9 cm³/mol. The molecule has 124 valence electrons. The number of hydrogen-bond donors (Lipinski definition) is 2. The smallest absolute Gasteiger partial charge is 0.255 e. The van der Waals surface area contributed by atoms with E-state index in [-0.39, 0.29) is 5.91 Å². The van der Waals surface area contributed by atoms with Gasteiger partial charge in [-0.1, -0.05) is 0 Å². The van der Waals surface area contributed by atoms with Crippen LogP contribution in [0.4, 0.5) is 0 Å². The predicted octanol–water partition coefficient (Wildman–Crippen LogP) is 0.852. The highest BCUT2D eigenvalue weighted by molar-refractivity contribution is 5.94. The number of carbonyl (C=O) groups excluding carboxylic acids is 1. The van der Waals surface area contributed by atoms with E-state index in [1.807, 2.05) is 34.6 Å². The summed E-state index contributed by atoms with van der Waals surface area (Å²) in [4.78, 5) is 19.2. The molecule has 0 aromatic carbocycles. The molecule has 7 nitrogen and oxygen atoms in total. The zero-order chi connectivity index (χ0) is 16.4. The standard InChI is InChI=1S/C16H23N5O2/c1-19(2)11-15(22)14-8-13-10-20(6-3-7-21(13)18-14)16(23)12-4-5-17-9-12/h4-5,8-9,15,17,22H,3,6-7,10-11H2,1-2H3. The SMILES string of the molecule is CN(C)CC(O)c1cc2n(n1)CCCN(C(=O)c1cc[nH]c1)C2. The van der Waals surface area contributed by atoms with Crippen molar-refractivity contribution in [3.63, 3.8) is 0 Å². The van der Waals surface area contributed by atoms with Gasteiger partial charge in [0, 0.05) is 32.0 Å². The highest BCUT2D eigenvalue weighted by Gasteiger charge is 2.23. The highest BCUT2D eigenvalue weighted by atomic mass is 16.3. The molecule has 1 aliphatic rings. The van der Waals surface area contributed by atoms with Gasteiger partial charge in [-0.2, -0.15) is 5.10 Å². The van der Waals surface area contributed by atoms with Gasteiger partial charge in [-0.15, -0.1) is 0 Å². The molecular weight excluding hydrogens is 294 g/mol. The topological polar surface area (TPSA) is 77.4 Å². The molecule has 3 heterocycles. The lowest BCUT2D eigenvalue weighted by Crippen LogP contribution is -2.30. The van der Waals surface area contributed by atoms with E-state index >= 15 is 0 Å². The second-order valence-corrected chi connectivity index (χ2v) is 6.24. The fraction of sp³-hybridized carbons (Fsp3) is 0.500. The summed E-state index contributed by atoms with van der Waals surface area (Å²) in [6.07, 6.45) is 3.72. The highest BCUT2D eigenvalue weighted by Crippen LogP contribution is 2.19. The number of nitrogens with one attached hydrogen (secondary N) is 1. The second-order valence-electron chi connectivity index (χ2n) is 6.24. The molecule has 0 spiro atoms. The molecule has 0 bridgehead atoms. The summed E-state index contributed by atoms with van der Waals surface area (Å²) in [6, 6.07) is 3.70. The summed E-state index contributed by atoms with van der Waals surface area (Å²) in [5.41, 5.74) is 2.31. The van der Waals surface area contributed by atoms with Crippen molar-refractivity contribution in [2.45, 2.75) is 25.6 Å². The molecule has 0 fully saturated rings. The van der Waals surface area contributed by atoms with Crippen molar-refractivity contribution in [1.82, 2.24) is 24.6 Å². The lowest BCUT2D eigenvalue weighted by atomic mass is 10.2. The van der Waals surface area contributed by atoms with Gasteiger partial charge in [0.2, 0.25) is 0 Å². The van der Waals surface area contributed by atoms with E-state index in [0.717, 1.165) is 18.7 Å². The fourth-order valence-electron chi connectivity index (χ4n) is 2.90. The van der Waals surface area contributed by atoms with Crippen LogP contribution in [0.5, 0.6) is 0 Å². The molecule has 1 unspecified atom stereocenters. The molecule has 2 N–H and O–H groups in total. The van der Waals surface area contributed by atoms with E-state index in [4.69, 9.17) is 0 Å². The van der Waals surface area contributed by atoms with Crippen LogP contribution in [-0.4, -0.2) is 62.8 Å². The third-order valence-electron chi connectivity index (χ3n) is 4.04. The summed E-state index contributed by atoms with van der Waals surface area (Å²) < 4.78 is 1.92. The van der Waals surface area contributed by atoms with Gasteiger partial charge in [-0.05, 0) is 32.6 Å². The zero-order valence-electron chi connectivity index (χ0n) is 13.6. The Morgan fingerprint density at radius 1 is 1.48 bits per heavy atom. The molecule has 0 radical (unpaired) electrons. The first-order valence-corrected chi connectivity index (χ1v) is 7.86. The lowest BCUT2D eigenvalue weighted by molar-refractivity contribution is 0.0746. The Balaban J connectivity index is 1.77. The Kier molecular flexibility index (Phi) is 4.49. The molecular formula is C16H23N5O2. The van der Waals surface area contributed by atoms with Crippen LogP contribution in [0, 0.1) is 0 Å². The molecule has 7 heteroatoms. The number of carbonyl (C=O) groups is 1. The van der Waals surface area contributed by atoms with Crippen LogP contribution in [-0.2, 0) is 13.1 Å². The van der Waals surface area contributed by atoms with Crippen molar-refractivity contribution in [2.75, 3.05) is 27.2 Å². The summed E-state index contributed by atoms with van der Waals surface area (Å²) in [5, 5.41) is 14.7. The first-order chi connectivity index (χ1) is 11.0. The van der Waals surface area contributed by atoms with Gasteiger partial charge in [-0.3, -0.25) is 9.48 Å². The number of rotatable bonds is 4. The van der Waals surface area contributed by atoms with Crippen LogP contribution >= 0.6 is 0 Å². The van der Waals surface area contributed by atoms with Crippen molar-refractivity contribution in [1.29, 1.82) is 0 Å². The number of aromatic amines is 1. The monoisotopic (exact) mass is 317 g/mol. The maximum absolute atomic E-state index is 12.5. The van der Waals surface area contributed by atoms with Crippen molar-refractivity contribution in [2.24, 2.45) is 0 Å². The summed E-state index contributed by atoms with van der Waals surface area (Å²) in [7, 11) is 3.84. The summed E-state index contributed by atoms with van der Waals surface area (Å²) in [6.45, 7) is 2.53. The third kappa shape index (κ3) is 3.46. The van der Waals surface area contributed by atoms with Crippen LogP contribution < -0.4 is 0 Å². The number of likely N-dealkylation sites (N-methyl/N-ethyl adjacent to an activating group) is 1. The van der Waals surface area contributed by atoms with Gasteiger partial charge in [0.15, 0.2) is 0 Å². The number of hydrogen-bond acceptors (Lipinski definition) is 4. The molecule has 2 aromatic rings. The van der Waals surface area contributed by atoms with E-state index in [9.17, 15) is 9.90 Å². The quantitative estimate of drug-likeness (QED) is 0.876. The molecule has 0 saturated heterocycles. The van der Waals surface area contributed by atoms with Crippen LogP contribution in [0.1, 0.15) is 34.3 Å². The minimum absolute atomic E-state index is 0.0243. The number of aryl methyl sites for hydroxylation is 1. The Labute approximate surface area is 135 Å². The van der Waals surface area contributed by atoms with Gasteiger partial charge in [0.1, 0.15) is 6.10 Å². The third-order valence-corrected chi connectivity index (χ3v) is 4.04. The van der Waals surface area contributed by atoms with Crippen molar-refractivity contribution in [3.05, 3.63) is 41.5 Å². The minimum atomic E-state index is -0.613. The molecule has 2 aromatic heterocycles. The number of aliphatic hydroxyl groups is 1. The average Bonchev–Trinajstić information content (AvgIpc) is 3.12. The van der Waals surface area contributed by atoms with Gasteiger partial charge in [0.05, 0.1) is 23.5 Å². The first-order valence-electron chi connectivity index (χ1n) is 7.86. The largest absolute Gasteiger partial charge is 0.385 e. The number of H-pyrrole nitrogens is 1. The Morgan fingerprint density at radius 3 is 3.00 bits per heavy atom. The maximum Gasteiger partial charge on any atom is 0.255 e. The Morgan fingerprint density at radius 2 is 2.30 bits per heavy atom. The molecule has 3 rings (SSSR count). The number of aliphatic hydroxyl groups excluding tert-OH is 1. The van der Waals surface area contributed by atoms with Gasteiger partial charge in [-0.25, -0.2) is 0 Å². The Hall–Kier alpha value is -2.12. The van der Waals surface area contributed by atoms with Crippen LogP contribution in [0.25, 0.3) is 0 Å². The summed E-state index contributed by atoms with van der Waals surface area (Å²) in [5.74, 6) is 0.0243. The fourth-order valence-corrected chi connectivity index (χ4v) is 2.90. The van der Waals surface area contributed by atoms with Crippen molar-refractivity contribution >= 4 is 5.91 Å². The number of aromatic nitrogens is 3. The number of nitrogens with zero attached hydrogens (tertiary/aromatic N) is 4. The van der Waals surface area contributed by atoms with Crippen LogP contribution in [0.3, 0.4) is 0 Å². The van der Waals surface area contributed by atoms with Crippen LogP contribution in [0.15, 0.2) is 24.5 Å². The van der Waals surface area contributed by atoms with Gasteiger partial charge in [0.25, 0.3) is 5.91 Å². The number of fused-ring (bicyclic) bond motifs is 1. The second kappa shape index (κ2) is 6.55. The Bertz CT molecular complexity index is 662. The van der Waals surface area contributed by atoms with E-state index in [1.54, 1.807) is 18.5 Å². The molecule has 23 heavy (non-hydrogen) atoms. The van der Waals surface area contributed by atoms with Gasteiger partial charge < -0.3 is 19.9 Å². The number of amides is 1. The molecule has 1 atom stereocenters. The normalized spacial score (nSPS) is 16.3. The average molecular weight is 317 g/mol.